The van der Waals surface area contributed by atoms with Gasteiger partial charge < -0.3 is 0 Å². The smallest absolute Gasteiger partial charge is 0.249 e. The molecule has 0 aliphatic carbocycles. The van der Waals surface area contributed by atoms with E-state index in [1.807, 2.05) is 44.4 Å². The van der Waals surface area contributed by atoms with Gasteiger partial charge in [-0.25, -0.2) is 22.7 Å². The van der Waals surface area contributed by atoms with Gasteiger partial charge in [0.25, 0.3) is 10.0 Å². The molecule has 3 rings (SSSR count). The zero-order chi connectivity index (χ0) is 21.7. The molecule has 0 bridgehead atoms. The molecular formula is C22H24ClN3O2S2. The predicted molar refractivity (Wildman–Crippen MR) is 125 cm³/mol. The number of unbranched alkanes of at least 4 members (excludes halogenated alkanes) is 1. The van der Waals surface area contributed by atoms with Crippen LogP contribution in [-0.2, 0) is 10.0 Å². The molecule has 3 aromatic rings. The number of aromatic nitrogens is 2. The van der Waals surface area contributed by atoms with Crippen molar-refractivity contribution in [1.82, 2.24) is 9.97 Å². The van der Waals surface area contributed by atoms with Gasteiger partial charge in [0.1, 0.15) is 5.15 Å². The Morgan fingerprint density at radius 3 is 2.30 bits per heavy atom. The fourth-order valence-corrected chi connectivity index (χ4v) is 5.17. The number of hydrogen-bond donors (Lipinski definition) is 0. The number of nitrogens with zero attached hydrogens (tertiary/aromatic N) is 3. The lowest BCUT2D eigenvalue weighted by molar-refractivity contribution is 0.587. The second-order valence-electron chi connectivity index (χ2n) is 6.81. The van der Waals surface area contributed by atoms with Crippen LogP contribution in [0.3, 0.4) is 0 Å². The lowest BCUT2D eigenvalue weighted by atomic mass is 10.1. The molecule has 8 heteroatoms. The molecule has 0 aliphatic rings. The van der Waals surface area contributed by atoms with Crippen molar-refractivity contribution in [3.63, 3.8) is 0 Å². The summed E-state index contributed by atoms with van der Waals surface area (Å²) < 4.78 is 28.6. The Kier molecular flexibility index (Phi) is 7.39. The Morgan fingerprint density at radius 1 is 1.03 bits per heavy atom. The summed E-state index contributed by atoms with van der Waals surface area (Å²) in [6.45, 7) is 4.31. The zero-order valence-electron chi connectivity index (χ0n) is 17.2. The first-order valence-electron chi connectivity index (χ1n) is 9.64. The van der Waals surface area contributed by atoms with Crippen LogP contribution in [0.25, 0.3) is 11.1 Å². The molecule has 2 aromatic carbocycles. The van der Waals surface area contributed by atoms with Crippen molar-refractivity contribution in [1.29, 1.82) is 0 Å². The van der Waals surface area contributed by atoms with Crippen LogP contribution in [-0.4, -0.2) is 31.2 Å². The van der Waals surface area contributed by atoms with Crippen LogP contribution >= 0.6 is 23.4 Å². The highest BCUT2D eigenvalue weighted by Gasteiger charge is 2.30. The highest BCUT2D eigenvalue weighted by molar-refractivity contribution is 7.98. The number of benzene rings is 2. The van der Waals surface area contributed by atoms with Gasteiger partial charge in [-0.05, 0) is 37.3 Å². The Balaban J connectivity index is 2.27. The molecular weight excluding hydrogens is 438 g/mol. The van der Waals surface area contributed by atoms with E-state index in [-0.39, 0.29) is 10.0 Å². The number of halogens is 1. The molecule has 0 aliphatic heterocycles. The van der Waals surface area contributed by atoms with E-state index in [9.17, 15) is 8.42 Å². The highest BCUT2D eigenvalue weighted by atomic mass is 35.5. The van der Waals surface area contributed by atoms with Crippen LogP contribution in [0.15, 0.2) is 64.6 Å². The molecule has 1 aromatic heterocycles. The van der Waals surface area contributed by atoms with Gasteiger partial charge >= 0.3 is 0 Å². The molecule has 0 radical (unpaired) electrons. The van der Waals surface area contributed by atoms with E-state index >= 15 is 0 Å². The van der Waals surface area contributed by atoms with Gasteiger partial charge in [-0.1, -0.05) is 84.7 Å². The van der Waals surface area contributed by atoms with Crippen LogP contribution in [0.4, 0.5) is 5.82 Å². The lowest BCUT2D eigenvalue weighted by Crippen LogP contribution is -2.33. The molecule has 0 saturated carbocycles. The summed E-state index contributed by atoms with van der Waals surface area (Å²) in [6, 6.07) is 16.2. The van der Waals surface area contributed by atoms with Gasteiger partial charge in [-0.2, -0.15) is 0 Å². The van der Waals surface area contributed by atoms with E-state index in [0.29, 0.717) is 29.5 Å². The van der Waals surface area contributed by atoms with Crippen LogP contribution in [0, 0.1) is 6.92 Å². The number of rotatable bonds is 8. The maximum atomic E-state index is 13.6. The average Bonchev–Trinajstić information content (AvgIpc) is 2.75. The quantitative estimate of drug-likeness (QED) is 0.240. The molecule has 0 atom stereocenters. The van der Waals surface area contributed by atoms with E-state index in [0.717, 1.165) is 17.5 Å². The summed E-state index contributed by atoms with van der Waals surface area (Å²) in [5.74, 6) is 0.306. The fourth-order valence-electron chi connectivity index (χ4n) is 3.01. The number of thioether (sulfide) groups is 1. The van der Waals surface area contributed by atoms with Gasteiger partial charge in [-0.15, -0.1) is 0 Å². The molecule has 0 spiro atoms. The molecule has 158 valence electrons. The van der Waals surface area contributed by atoms with Gasteiger partial charge in [0, 0.05) is 6.54 Å². The number of aryl methyl sites for hydroxylation is 1. The molecule has 0 fully saturated rings. The third kappa shape index (κ3) is 4.79. The van der Waals surface area contributed by atoms with Crippen molar-refractivity contribution in [2.24, 2.45) is 0 Å². The SMILES string of the molecule is CCCCN(c1nc(SC)nc(Cl)c1-c1ccc(C)cc1)S(=O)(=O)c1ccccc1. The van der Waals surface area contributed by atoms with Crippen LogP contribution in [0.2, 0.25) is 5.15 Å². The van der Waals surface area contributed by atoms with Crippen LogP contribution < -0.4 is 4.31 Å². The third-order valence-electron chi connectivity index (χ3n) is 4.63. The molecule has 0 N–H and O–H groups in total. The van der Waals surface area contributed by atoms with Crippen LogP contribution in [0.5, 0.6) is 0 Å². The van der Waals surface area contributed by atoms with E-state index in [2.05, 4.69) is 9.97 Å². The first-order chi connectivity index (χ1) is 14.4. The molecule has 30 heavy (non-hydrogen) atoms. The van der Waals surface area contributed by atoms with Crippen LogP contribution in [0.1, 0.15) is 25.3 Å². The minimum atomic E-state index is -3.83. The summed E-state index contributed by atoms with van der Waals surface area (Å²) in [6.07, 6.45) is 3.37. The van der Waals surface area contributed by atoms with Gasteiger partial charge in [-0.3, -0.25) is 0 Å². The number of anilines is 1. The summed E-state index contributed by atoms with van der Waals surface area (Å²) in [4.78, 5) is 9.19. The Bertz CT molecular complexity index is 1110. The Morgan fingerprint density at radius 2 is 1.70 bits per heavy atom. The normalized spacial score (nSPS) is 11.5. The number of sulfonamides is 1. The van der Waals surface area contributed by atoms with Crippen molar-refractivity contribution in [2.45, 2.75) is 36.7 Å². The maximum Gasteiger partial charge on any atom is 0.265 e. The lowest BCUT2D eigenvalue weighted by Gasteiger charge is -2.26. The summed E-state index contributed by atoms with van der Waals surface area (Å²) in [5.41, 5.74) is 2.39. The standard InChI is InChI=1S/C22H24ClN3O2S2/c1-4-5-15-26(30(27,28)18-9-7-6-8-10-18)21-19(17-13-11-16(2)12-14-17)20(23)24-22(25-21)29-3/h6-14H,4-5,15H2,1-3H3. The van der Waals surface area contributed by atoms with E-state index in [4.69, 9.17) is 11.6 Å². The summed E-state index contributed by atoms with van der Waals surface area (Å²) in [7, 11) is -3.83. The third-order valence-corrected chi connectivity index (χ3v) is 7.26. The van der Waals surface area contributed by atoms with Crippen molar-refractivity contribution >= 4 is 39.2 Å². The van der Waals surface area contributed by atoms with E-state index < -0.39 is 10.0 Å². The Labute approximate surface area is 187 Å². The minimum absolute atomic E-state index is 0.219. The Hall–Kier alpha value is -2.09. The van der Waals surface area contributed by atoms with Crippen molar-refractivity contribution in [3.05, 3.63) is 65.3 Å². The van der Waals surface area contributed by atoms with E-state index in [1.54, 1.807) is 30.3 Å². The molecule has 0 amide bonds. The first kappa shape index (κ1) is 22.6. The maximum absolute atomic E-state index is 13.6. The molecule has 0 unspecified atom stereocenters. The molecule has 1 heterocycles. The van der Waals surface area contributed by atoms with Gasteiger partial charge in [0.05, 0.1) is 10.5 Å². The second-order valence-corrected chi connectivity index (χ2v) is 9.80. The average molecular weight is 462 g/mol. The van der Waals surface area contributed by atoms with Crippen molar-refractivity contribution in [3.8, 4) is 11.1 Å². The van der Waals surface area contributed by atoms with Gasteiger partial charge in [0.2, 0.25) is 0 Å². The minimum Gasteiger partial charge on any atom is -0.249 e. The summed E-state index contributed by atoms with van der Waals surface area (Å²) >= 11 is 7.90. The fraction of sp³-hybridized carbons (Fsp3) is 0.273. The molecule has 5 nitrogen and oxygen atoms in total. The largest absolute Gasteiger partial charge is 0.265 e. The summed E-state index contributed by atoms with van der Waals surface area (Å²) in [5, 5.41) is 0.661. The first-order valence-corrected chi connectivity index (χ1v) is 12.7. The van der Waals surface area contributed by atoms with E-state index in [1.165, 1.54) is 16.1 Å². The van der Waals surface area contributed by atoms with Crippen molar-refractivity contribution in [2.75, 3.05) is 17.1 Å². The monoisotopic (exact) mass is 461 g/mol. The topological polar surface area (TPSA) is 63.2 Å². The molecule has 0 saturated heterocycles. The second kappa shape index (κ2) is 9.81. The predicted octanol–water partition coefficient (Wildman–Crippen LogP) is 5.82. The highest BCUT2D eigenvalue weighted by Crippen LogP contribution is 2.38. The van der Waals surface area contributed by atoms with Gasteiger partial charge in [0.15, 0.2) is 11.0 Å². The number of hydrogen-bond acceptors (Lipinski definition) is 5. The van der Waals surface area contributed by atoms with Crippen molar-refractivity contribution < 1.29 is 8.42 Å². The zero-order valence-corrected chi connectivity index (χ0v) is 19.6.